The van der Waals surface area contributed by atoms with Gasteiger partial charge in [-0.15, -0.1) is 11.8 Å². The summed E-state index contributed by atoms with van der Waals surface area (Å²) in [4.78, 5) is 65.6. The Morgan fingerprint density at radius 1 is 1.18 bits per heavy atom. The van der Waals surface area contributed by atoms with Crippen LogP contribution in [0.1, 0.15) is 11.3 Å². The fourth-order valence-corrected chi connectivity index (χ4v) is 5.97. The van der Waals surface area contributed by atoms with Crippen molar-refractivity contribution in [2.24, 2.45) is 10.9 Å². The van der Waals surface area contributed by atoms with Gasteiger partial charge in [-0.25, -0.2) is 19.1 Å². The van der Waals surface area contributed by atoms with Crippen molar-refractivity contribution in [1.29, 1.82) is 0 Å². The summed E-state index contributed by atoms with van der Waals surface area (Å²) in [7, 11) is 1.25. The molecule has 4 heterocycles. The third-order valence-corrected chi connectivity index (χ3v) is 8.23. The Morgan fingerprint density at radius 3 is 2.14 bits per heavy atom. The van der Waals surface area contributed by atoms with Gasteiger partial charge in [-0.1, -0.05) is 28.1 Å². The van der Waals surface area contributed by atoms with Crippen LogP contribution in [0.4, 0.5) is 31.5 Å². The van der Waals surface area contributed by atoms with E-state index in [1.807, 2.05) is 16.7 Å². The van der Waals surface area contributed by atoms with Crippen LogP contribution < -0.4 is 26.5 Å². The molecule has 2 amide bonds. The number of carbonyl (C=O) groups is 5. The fraction of sp³-hybridized carbons (Fsp3) is 0.333. The summed E-state index contributed by atoms with van der Waals surface area (Å²) in [5.41, 5.74) is 12.5. The Bertz CT molecular complexity index is 1630. The Morgan fingerprint density at radius 2 is 1.73 bits per heavy atom. The highest BCUT2D eigenvalue weighted by Crippen LogP contribution is 2.40. The number of pyridine rings is 1. The van der Waals surface area contributed by atoms with Crippen molar-refractivity contribution in [3.8, 4) is 0 Å². The number of β-lactam (4-membered cyclic amide) rings is 1. The monoisotopic (exact) mass is 765 g/mol. The van der Waals surface area contributed by atoms with Crippen LogP contribution in [-0.2, 0) is 41.9 Å². The SMILES string of the molecule is CO/N=C(\C(=O)N[C@@H]1C(=O)N2C(C(=O)O)=C(C[n+]3ccc(CN)cc3)CS[C@@H]12)c1nc(N)sc1Cl.O=C(O)C(F)(F)F.O=C([O-])C(F)(F)F. The fourth-order valence-electron chi connectivity index (χ4n) is 3.71. The van der Waals surface area contributed by atoms with Gasteiger partial charge in [0.05, 0.1) is 0 Å². The molecule has 0 unspecified atom stereocenters. The van der Waals surface area contributed by atoms with E-state index < -0.39 is 53.5 Å². The zero-order valence-electron chi connectivity index (χ0n) is 24.2. The topological polar surface area (TPSA) is 255 Å². The van der Waals surface area contributed by atoms with Gasteiger partial charge >= 0.3 is 24.3 Å². The van der Waals surface area contributed by atoms with Gasteiger partial charge in [-0.05, 0) is 5.56 Å². The quantitative estimate of drug-likeness (QED) is 0.0772. The molecule has 2 aliphatic rings. The lowest BCUT2D eigenvalue weighted by Gasteiger charge is -2.49. The van der Waals surface area contributed by atoms with Gasteiger partial charge in [0.25, 0.3) is 11.8 Å². The number of nitrogens with zero attached hydrogens (tertiary/aromatic N) is 4. The minimum atomic E-state index is -5.19. The van der Waals surface area contributed by atoms with Crippen LogP contribution in [0.2, 0.25) is 4.34 Å². The summed E-state index contributed by atoms with van der Waals surface area (Å²) in [6.07, 6.45) is -6.67. The molecule has 0 bridgehead atoms. The van der Waals surface area contributed by atoms with E-state index in [4.69, 9.17) is 47.7 Å². The van der Waals surface area contributed by atoms with E-state index in [-0.39, 0.29) is 26.6 Å². The maximum atomic E-state index is 13.0. The number of oxime groups is 1. The van der Waals surface area contributed by atoms with Crippen molar-refractivity contribution < 1.29 is 75.0 Å². The maximum absolute atomic E-state index is 13.0. The number of nitrogens with two attached hydrogens (primary N) is 2. The van der Waals surface area contributed by atoms with Crippen LogP contribution >= 0.6 is 34.7 Å². The van der Waals surface area contributed by atoms with E-state index in [0.29, 0.717) is 24.4 Å². The van der Waals surface area contributed by atoms with E-state index in [9.17, 15) is 45.8 Å². The van der Waals surface area contributed by atoms with Gasteiger partial charge in [0.1, 0.15) is 40.2 Å². The number of anilines is 1. The molecule has 0 aromatic carbocycles. The predicted molar refractivity (Wildman–Crippen MR) is 154 cm³/mol. The second kappa shape index (κ2) is 16.6. The van der Waals surface area contributed by atoms with E-state index in [0.717, 1.165) is 16.9 Å². The average molecular weight is 766 g/mol. The van der Waals surface area contributed by atoms with Gasteiger partial charge < -0.3 is 41.7 Å². The molecule has 268 valence electrons. The molecule has 4 rings (SSSR count). The Kier molecular flexibility index (Phi) is 13.7. The molecular weight excluding hydrogens is 744 g/mol. The third kappa shape index (κ3) is 10.7. The largest absolute Gasteiger partial charge is 0.542 e. The maximum Gasteiger partial charge on any atom is 0.490 e. The van der Waals surface area contributed by atoms with Crippen LogP contribution in [0.3, 0.4) is 0 Å². The first kappa shape index (κ1) is 40.5. The summed E-state index contributed by atoms with van der Waals surface area (Å²) in [6.45, 7) is 0.692. The third-order valence-electron chi connectivity index (χ3n) is 5.80. The van der Waals surface area contributed by atoms with Gasteiger partial charge in [0.2, 0.25) is 0 Å². The van der Waals surface area contributed by atoms with E-state index in [2.05, 4.69) is 15.5 Å². The first-order valence-electron chi connectivity index (χ1n) is 12.6. The van der Waals surface area contributed by atoms with Crippen molar-refractivity contribution >= 4 is 75.3 Å². The number of halogens is 7. The van der Waals surface area contributed by atoms with Gasteiger partial charge in [-0.3, -0.25) is 14.5 Å². The van der Waals surface area contributed by atoms with E-state index in [1.54, 1.807) is 12.4 Å². The molecule has 49 heavy (non-hydrogen) atoms. The molecule has 0 spiro atoms. The lowest BCUT2D eigenvalue weighted by atomic mass is 10.0. The average Bonchev–Trinajstić information content (AvgIpc) is 3.34. The smallest absolute Gasteiger partial charge is 0.490 e. The molecule has 2 aliphatic heterocycles. The molecule has 2 atom stereocenters. The van der Waals surface area contributed by atoms with E-state index in [1.165, 1.54) is 23.8 Å². The number of hydrogen-bond acceptors (Lipinski definition) is 13. The normalized spacial score (nSPS) is 17.4. The van der Waals surface area contributed by atoms with E-state index >= 15 is 0 Å². The summed E-state index contributed by atoms with van der Waals surface area (Å²) in [5.74, 6) is -7.91. The second-order valence-electron chi connectivity index (χ2n) is 9.09. The summed E-state index contributed by atoms with van der Waals surface area (Å²) < 4.78 is 65.2. The molecule has 25 heteroatoms. The number of rotatable bonds is 8. The van der Waals surface area contributed by atoms with Gasteiger partial charge in [0.15, 0.2) is 29.8 Å². The number of nitrogens with one attached hydrogen (secondary N) is 1. The molecule has 7 N–H and O–H groups in total. The molecule has 0 aliphatic carbocycles. The Balaban J connectivity index is 0.000000500. The van der Waals surface area contributed by atoms with Crippen molar-refractivity contribution in [2.45, 2.75) is 36.9 Å². The van der Waals surface area contributed by atoms with Crippen LogP contribution in [0.15, 0.2) is 41.0 Å². The van der Waals surface area contributed by atoms with Gasteiger partial charge in [-0.2, -0.15) is 26.3 Å². The van der Waals surface area contributed by atoms with Crippen molar-refractivity contribution in [2.75, 3.05) is 18.6 Å². The number of nitrogen functional groups attached to an aromatic ring is 1. The number of carbonyl (C=O) groups excluding carboxylic acids is 3. The van der Waals surface area contributed by atoms with Crippen molar-refractivity contribution in [3.05, 3.63) is 51.4 Å². The molecule has 0 radical (unpaired) electrons. The number of carboxylic acids is 3. The number of thiazole rings is 1. The Hall–Kier alpha value is -4.68. The molecule has 16 nitrogen and oxygen atoms in total. The molecule has 1 saturated heterocycles. The highest BCUT2D eigenvalue weighted by molar-refractivity contribution is 8.00. The summed E-state index contributed by atoms with van der Waals surface area (Å²) in [5, 5.41) is 31.6. The molecule has 1 fully saturated rings. The first-order chi connectivity index (χ1) is 22.6. The number of alkyl halides is 6. The molecular formula is C24H22ClF6N7O9S2. The summed E-state index contributed by atoms with van der Waals surface area (Å²) >= 11 is 8.42. The predicted octanol–water partition coefficient (Wildman–Crippen LogP) is -0.154. The van der Waals surface area contributed by atoms with Crippen molar-refractivity contribution in [1.82, 2.24) is 15.2 Å². The summed E-state index contributed by atoms with van der Waals surface area (Å²) in [6, 6.07) is 2.74. The number of hydrogen-bond donors (Lipinski definition) is 5. The zero-order valence-corrected chi connectivity index (χ0v) is 26.6. The molecule has 0 saturated carbocycles. The number of fused-ring (bicyclic) bond motifs is 1. The van der Waals surface area contributed by atoms with Crippen LogP contribution in [0.5, 0.6) is 0 Å². The highest BCUT2D eigenvalue weighted by Gasteiger charge is 2.55. The van der Waals surface area contributed by atoms with Gasteiger partial charge in [0, 0.05) is 30.0 Å². The van der Waals surface area contributed by atoms with Crippen molar-refractivity contribution in [3.63, 3.8) is 0 Å². The minimum absolute atomic E-state index is 0.0273. The molecule has 2 aromatic heterocycles. The number of carboxylic acid groups (broad SMARTS) is 3. The highest BCUT2D eigenvalue weighted by atomic mass is 35.5. The lowest BCUT2D eigenvalue weighted by molar-refractivity contribution is -0.689. The second-order valence-corrected chi connectivity index (χ2v) is 11.8. The number of aliphatic carboxylic acids is 3. The zero-order chi connectivity index (χ0) is 37.4. The number of amides is 2. The van der Waals surface area contributed by atoms with Crippen LogP contribution in [0, 0.1) is 0 Å². The first-order valence-corrected chi connectivity index (χ1v) is 14.9. The van der Waals surface area contributed by atoms with Crippen LogP contribution in [-0.4, -0.2) is 92.2 Å². The standard InChI is InChI=1S/C20H20ClN7O5S2.2C2HF3O2/c1-33-26-12(11-15(21)35-20(23)25-11)16(29)24-13-17(30)28-14(19(31)32)10(8-34-18(13)28)7-27-4-2-9(6-22)3-5-27;2*3-2(4,5)1(6)7/h2-5,13,18H,6-8,22H2,1H3,(H3-,23,24,25,29,31,32);2*(H,6,7)/b26-12-;;/t13-,18+;;/m1../s1. The minimum Gasteiger partial charge on any atom is -0.542 e. The Labute approximate surface area is 282 Å². The number of thioether (sulfide) groups is 1. The molecule has 2 aromatic rings. The van der Waals surface area contributed by atoms with Crippen LogP contribution in [0.25, 0.3) is 0 Å². The number of aromatic nitrogens is 2. The lowest BCUT2D eigenvalue weighted by Crippen LogP contribution is -2.71.